The summed E-state index contributed by atoms with van der Waals surface area (Å²) < 4.78 is 7.95. The van der Waals surface area contributed by atoms with Gasteiger partial charge in [-0.1, -0.05) is 6.92 Å². The normalized spacial score (nSPS) is 17.7. The Balaban J connectivity index is 1.81. The van der Waals surface area contributed by atoms with Crippen LogP contribution in [0.15, 0.2) is 22.6 Å². The maximum absolute atomic E-state index is 5.59. The van der Waals surface area contributed by atoms with Crippen LogP contribution in [0.4, 0.5) is 6.01 Å². The van der Waals surface area contributed by atoms with Gasteiger partial charge in [0.15, 0.2) is 5.58 Å². The van der Waals surface area contributed by atoms with Crippen LogP contribution in [-0.4, -0.2) is 21.6 Å². The van der Waals surface area contributed by atoms with Crippen molar-refractivity contribution < 1.29 is 4.42 Å². The number of oxazole rings is 1. The van der Waals surface area contributed by atoms with E-state index in [0.717, 1.165) is 41.2 Å². The second-order valence-corrected chi connectivity index (χ2v) is 6.16. The van der Waals surface area contributed by atoms with E-state index in [0.29, 0.717) is 6.01 Å². The van der Waals surface area contributed by atoms with E-state index in [1.54, 1.807) is 7.05 Å². The summed E-state index contributed by atoms with van der Waals surface area (Å²) in [5.41, 5.74) is 5.08. The number of nitrogens with one attached hydrogen (secondary N) is 1. The van der Waals surface area contributed by atoms with Gasteiger partial charge >= 0.3 is 0 Å². The fourth-order valence-electron chi connectivity index (χ4n) is 3.26. The molecule has 5 heteroatoms. The number of anilines is 1. The molecule has 1 unspecified atom stereocenters. The third-order valence-corrected chi connectivity index (χ3v) is 4.55. The molecule has 0 saturated carbocycles. The lowest BCUT2D eigenvalue weighted by molar-refractivity contribution is 0.405. The van der Waals surface area contributed by atoms with E-state index in [2.05, 4.69) is 40.8 Å². The fourth-order valence-corrected chi connectivity index (χ4v) is 3.26. The number of imidazole rings is 1. The van der Waals surface area contributed by atoms with Gasteiger partial charge in [0, 0.05) is 31.3 Å². The van der Waals surface area contributed by atoms with Crippen LogP contribution >= 0.6 is 0 Å². The SMILES string of the molecule is CNc1nc2cc(-c3nc4n(c3C)CCC(C)C4)ccc2o1. The van der Waals surface area contributed by atoms with E-state index in [9.17, 15) is 0 Å². The van der Waals surface area contributed by atoms with Gasteiger partial charge in [0.1, 0.15) is 11.3 Å². The summed E-state index contributed by atoms with van der Waals surface area (Å²) in [5.74, 6) is 1.93. The molecule has 0 radical (unpaired) electrons. The van der Waals surface area contributed by atoms with Crippen LogP contribution in [0.25, 0.3) is 22.4 Å². The standard InChI is InChI=1S/C17H20N4O/c1-10-6-7-21-11(2)16(20-15(21)8-10)12-4-5-14-13(9-12)19-17(18-3)22-14/h4-5,9-10H,6-8H2,1-3H3,(H,18,19). The van der Waals surface area contributed by atoms with Crippen LogP contribution < -0.4 is 5.32 Å². The van der Waals surface area contributed by atoms with E-state index in [1.807, 2.05) is 6.07 Å². The van der Waals surface area contributed by atoms with E-state index >= 15 is 0 Å². The highest BCUT2D eigenvalue weighted by Crippen LogP contribution is 2.31. The molecule has 0 bridgehead atoms. The van der Waals surface area contributed by atoms with Gasteiger partial charge in [-0.15, -0.1) is 0 Å². The van der Waals surface area contributed by atoms with Crippen molar-refractivity contribution in [3.63, 3.8) is 0 Å². The van der Waals surface area contributed by atoms with Crippen LogP contribution in [0.5, 0.6) is 0 Å². The zero-order valence-electron chi connectivity index (χ0n) is 13.2. The van der Waals surface area contributed by atoms with Gasteiger partial charge in [-0.2, -0.15) is 4.98 Å². The predicted molar refractivity (Wildman–Crippen MR) is 87.0 cm³/mol. The van der Waals surface area contributed by atoms with Crippen molar-refractivity contribution in [3.05, 3.63) is 29.7 Å². The van der Waals surface area contributed by atoms with Crippen molar-refractivity contribution in [2.24, 2.45) is 5.92 Å². The van der Waals surface area contributed by atoms with Crippen molar-refractivity contribution in [2.75, 3.05) is 12.4 Å². The van der Waals surface area contributed by atoms with E-state index < -0.39 is 0 Å². The van der Waals surface area contributed by atoms with Gasteiger partial charge in [-0.25, -0.2) is 4.98 Å². The van der Waals surface area contributed by atoms with Crippen molar-refractivity contribution in [1.82, 2.24) is 14.5 Å². The first-order valence-corrected chi connectivity index (χ1v) is 7.80. The molecule has 0 saturated heterocycles. The molecule has 0 fully saturated rings. The lowest BCUT2D eigenvalue weighted by Gasteiger charge is -2.20. The third-order valence-electron chi connectivity index (χ3n) is 4.55. The Bertz CT molecular complexity index is 846. The number of hydrogen-bond donors (Lipinski definition) is 1. The number of nitrogens with zero attached hydrogens (tertiary/aromatic N) is 3. The van der Waals surface area contributed by atoms with Gasteiger partial charge in [0.25, 0.3) is 6.01 Å². The lowest BCUT2D eigenvalue weighted by Crippen LogP contribution is -2.17. The third kappa shape index (κ3) is 2.00. The zero-order chi connectivity index (χ0) is 15.3. The molecule has 0 amide bonds. The van der Waals surface area contributed by atoms with Crippen LogP contribution in [0.3, 0.4) is 0 Å². The molecule has 1 aromatic carbocycles. The Hall–Kier alpha value is -2.30. The second-order valence-electron chi connectivity index (χ2n) is 6.16. The molecule has 2 aromatic heterocycles. The summed E-state index contributed by atoms with van der Waals surface area (Å²) in [6.07, 6.45) is 2.30. The monoisotopic (exact) mass is 296 g/mol. The molecule has 4 rings (SSSR count). The molecule has 1 aliphatic rings. The first-order valence-electron chi connectivity index (χ1n) is 7.80. The largest absolute Gasteiger partial charge is 0.424 e. The topological polar surface area (TPSA) is 55.9 Å². The predicted octanol–water partition coefficient (Wildman–Crippen LogP) is 3.62. The number of rotatable bonds is 2. The molecular weight excluding hydrogens is 276 g/mol. The highest BCUT2D eigenvalue weighted by molar-refractivity contribution is 5.81. The minimum Gasteiger partial charge on any atom is -0.424 e. The molecule has 3 aromatic rings. The van der Waals surface area contributed by atoms with Crippen molar-refractivity contribution in [2.45, 2.75) is 33.2 Å². The minimum absolute atomic E-state index is 0.543. The quantitative estimate of drug-likeness (QED) is 0.784. The van der Waals surface area contributed by atoms with Gasteiger partial charge in [0.05, 0.1) is 5.69 Å². The molecule has 1 aliphatic heterocycles. The average Bonchev–Trinajstić information content (AvgIpc) is 3.07. The van der Waals surface area contributed by atoms with Crippen LogP contribution in [-0.2, 0) is 13.0 Å². The summed E-state index contributed by atoms with van der Waals surface area (Å²) in [6, 6.07) is 6.64. The van der Waals surface area contributed by atoms with Crippen LogP contribution in [0.2, 0.25) is 0 Å². The molecule has 0 spiro atoms. The number of aromatic nitrogens is 3. The molecule has 5 nitrogen and oxygen atoms in total. The number of hydrogen-bond acceptors (Lipinski definition) is 4. The molecule has 3 heterocycles. The zero-order valence-corrected chi connectivity index (χ0v) is 13.2. The molecule has 1 atom stereocenters. The lowest BCUT2D eigenvalue weighted by atomic mass is 10.0. The Morgan fingerprint density at radius 2 is 2.18 bits per heavy atom. The van der Waals surface area contributed by atoms with E-state index in [1.165, 1.54) is 17.9 Å². The van der Waals surface area contributed by atoms with Gasteiger partial charge in [-0.3, -0.25) is 0 Å². The minimum atomic E-state index is 0.543. The maximum atomic E-state index is 5.59. The summed E-state index contributed by atoms with van der Waals surface area (Å²) in [5, 5.41) is 2.93. The highest BCUT2D eigenvalue weighted by Gasteiger charge is 2.21. The van der Waals surface area contributed by atoms with Crippen molar-refractivity contribution >= 4 is 17.1 Å². The average molecular weight is 296 g/mol. The Labute approximate surface area is 129 Å². The first kappa shape index (κ1) is 13.4. The van der Waals surface area contributed by atoms with Crippen molar-refractivity contribution in [1.29, 1.82) is 0 Å². The van der Waals surface area contributed by atoms with Crippen molar-refractivity contribution in [3.8, 4) is 11.3 Å². The first-order chi connectivity index (χ1) is 10.7. The summed E-state index contributed by atoms with van der Waals surface area (Å²) in [6.45, 7) is 5.53. The van der Waals surface area contributed by atoms with Gasteiger partial charge < -0.3 is 14.3 Å². The summed E-state index contributed by atoms with van der Waals surface area (Å²) in [7, 11) is 1.81. The van der Waals surface area contributed by atoms with Crippen LogP contribution in [0, 0.1) is 12.8 Å². The molecule has 1 N–H and O–H groups in total. The number of benzene rings is 1. The number of fused-ring (bicyclic) bond motifs is 2. The summed E-state index contributed by atoms with van der Waals surface area (Å²) >= 11 is 0. The molecule has 114 valence electrons. The van der Waals surface area contributed by atoms with Gasteiger partial charge in [-0.05, 0) is 37.5 Å². The Kier molecular flexibility index (Phi) is 2.96. The summed E-state index contributed by atoms with van der Waals surface area (Å²) in [4.78, 5) is 9.32. The van der Waals surface area contributed by atoms with E-state index in [4.69, 9.17) is 9.40 Å². The maximum Gasteiger partial charge on any atom is 0.295 e. The van der Waals surface area contributed by atoms with E-state index in [-0.39, 0.29) is 0 Å². The smallest absolute Gasteiger partial charge is 0.295 e. The Morgan fingerprint density at radius 1 is 1.32 bits per heavy atom. The highest BCUT2D eigenvalue weighted by atomic mass is 16.4. The Morgan fingerprint density at radius 3 is 3.00 bits per heavy atom. The van der Waals surface area contributed by atoms with Gasteiger partial charge in [0.2, 0.25) is 0 Å². The molecule has 22 heavy (non-hydrogen) atoms. The molecular formula is C17H20N4O. The van der Waals surface area contributed by atoms with Crippen LogP contribution in [0.1, 0.15) is 24.9 Å². The molecule has 0 aliphatic carbocycles. The fraction of sp³-hybridized carbons (Fsp3) is 0.412. The second kappa shape index (κ2) is 4.87.